The fourth-order valence-electron chi connectivity index (χ4n) is 1.93. The lowest BCUT2D eigenvalue weighted by atomic mass is 10.1. The maximum absolute atomic E-state index is 11.7. The minimum atomic E-state index is -1.17. The predicted octanol–water partition coefficient (Wildman–Crippen LogP) is 0.796. The molecule has 0 amide bonds. The number of hydrogen-bond donors (Lipinski definition) is 0. The standard InChI is InChI=1S/C15H14O6/c1-4-9-5-7-10(8-6-9)15-20-11(13(16)18-2)12(21-15)14(17)19-3/h1,5-8,11-12,15H,2-3H3/t11-,12-/m1/s1. The van der Waals surface area contributed by atoms with Crippen LogP contribution in [0.2, 0.25) is 0 Å². The molecule has 1 fully saturated rings. The highest BCUT2D eigenvalue weighted by molar-refractivity contribution is 5.86. The third-order valence-corrected chi connectivity index (χ3v) is 3.03. The Bertz CT molecular complexity index is 547. The molecule has 1 aromatic carbocycles. The summed E-state index contributed by atoms with van der Waals surface area (Å²) in [6.45, 7) is 0. The van der Waals surface area contributed by atoms with Crippen LogP contribution in [-0.2, 0) is 28.5 Å². The Hall–Kier alpha value is -2.36. The molecule has 0 N–H and O–H groups in total. The van der Waals surface area contributed by atoms with Crippen LogP contribution in [0.25, 0.3) is 0 Å². The molecule has 1 aromatic rings. The molecule has 21 heavy (non-hydrogen) atoms. The minimum Gasteiger partial charge on any atom is -0.467 e. The van der Waals surface area contributed by atoms with Gasteiger partial charge in [0, 0.05) is 11.1 Å². The molecule has 6 nitrogen and oxygen atoms in total. The second-order valence-electron chi connectivity index (χ2n) is 4.26. The molecule has 0 aromatic heterocycles. The highest BCUT2D eigenvalue weighted by atomic mass is 16.8. The number of hydrogen-bond acceptors (Lipinski definition) is 6. The molecule has 1 saturated heterocycles. The van der Waals surface area contributed by atoms with Gasteiger partial charge in [-0.1, -0.05) is 18.1 Å². The summed E-state index contributed by atoms with van der Waals surface area (Å²) < 4.78 is 20.1. The molecule has 1 aliphatic heterocycles. The zero-order valence-electron chi connectivity index (χ0n) is 11.6. The third kappa shape index (κ3) is 3.05. The van der Waals surface area contributed by atoms with Gasteiger partial charge in [-0.15, -0.1) is 6.42 Å². The zero-order valence-corrected chi connectivity index (χ0v) is 11.6. The highest BCUT2D eigenvalue weighted by Crippen LogP contribution is 2.32. The van der Waals surface area contributed by atoms with Crippen molar-refractivity contribution in [2.45, 2.75) is 18.5 Å². The zero-order chi connectivity index (χ0) is 15.4. The normalized spacial score (nSPS) is 21.6. The van der Waals surface area contributed by atoms with Crippen molar-refractivity contribution in [2.24, 2.45) is 0 Å². The topological polar surface area (TPSA) is 71.1 Å². The number of ether oxygens (including phenoxy) is 4. The van der Waals surface area contributed by atoms with E-state index >= 15 is 0 Å². The van der Waals surface area contributed by atoms with Crippen LogP contribution in [0.5, 0.6) is 0 Å². The van der Waals surface area contributed by atoms with Gasteiger partial charge in [0.05, 0.1) is 14.2 Å². The van der Waals surface area contributed by atoms with Gasteiger partial charge in [-0.3, -0.25) is 0 Å². The van der Waals surface area contributed by atoms with Gasteiger partial charge < -0.3 is 18.9 Å². The van der Waals surface area contributed by atoms with Gasteiger partial charge in [0.25, 0.3) is 0 Å². The highest BCUT2D eigenvalue weighted by Gasteiger charge is 2.47. The number of benzene rings is 1. The molecule has 0 radical (unpaired) electrons. The number of carbonyl (C=O) groups excluding carboxylic acids is 2. The molecule has 110 valence electrons. The molecule has 1 heterocycles. The molecule has 2 rings (SSSR count). The summed E-state index contributed by atoms with van der Waals surface area (Å²) >= 11 is 0. The summed E-state index contributed by atoms with van der Waals surface area (Å²) in [5.41, 5.74) is 1.33. The second kappa shape index (κ2) is 6.39. The van der Waals surface area contributed by atoms with E-state index in [1.165, 1.54) is 14.2 Å². The van der Waals surface area contributed by atoms with E-state index in [-0.39, 0.29) is 0 Å². The fraction of sp³-hybridized carbons (Fsp3) is 0.333. The Labute approximate surface area is 121 Å². The monoisotopic (exact) mass is 290 g/mol. The van der Waals surface area contributed by atoms with Gasteiger partial charge in [0.1, 0.15) is 0 Å². The van der Waals surface area contributed by atoms with E-state index in [4.69, 9.17) is 15.9 Å². The van der Waals surface area contributed by atoms with Gasteiger partial charge in [-0.25, -0.2) is 9.59 Å². The van der Waals surface area contributed by atoms with Gasteiger partial charge in [-0.05, 0) is 12.1 Å². The first kappa shape index (κ1) is 15.0. The molecule has 0 bridgehead atoms. The summed E-state index contributed by atoms with van der Waals surface area (Å²) in [6, 6.07) is 6.82. The predicted molar refractivity (Wildman–Crippen MR) is 70.9 cm³/mol. The maximum Gasteiger partial charge on any atom is 0.338 e. The summed E-state index contributed by atoms with van der Waals surface area (Å²) in [4.78, 5) is 23.3. The number of carbonyl (C=O) groups is 2. The second-order valence-corrected chi connectivity index (χ2v) is 4.26. The Kier molecular flexibility index (Phi) is 4.58. The van der Waals surface area contributed by atoms with Crippen LogP contribution in [0.15, 0.2) is 24.3 Å². The van der Waals surface area contributed by atoms with Gasteiger partial charge in [0.2, 0.25) is 0 Å². The summed E-state index contributed by atoms with van der Waals surface area (Å²) in [6.07, 6.45) is 2.07. The van der Waals surface area contributed by atoms with E-state index < -0.39 is 30.4 Å². The smallest absolute Gasteiger partial charge is 0.338 e. The van der Waals surface area contributed by atoms with E-state index in [9.17, 15) is 9.59 Å². The Morgan fingerprint density at radius 1 is 1.05 bits per heavy atom. The average Bonchev–Trinajstić information content (AvgIpc) is 2.98. The Balaban J connectivity index is 2.21. The van der Waals surface area contributed by atoms with Crippen molar-refractivity contribution < 1.29 is 28.5 Å². The first-order chi connectivity index (χ1) is 10.1. The Morgan fingerprint density at radius 3 is 1.90 bits per heavy atom. The van der Waals surface area contributed by atoms with Crippen molar-refractivity contribution in [1.29, 1.82) is 0 Å². The van der Waals surface area contributed by atoms with Crippen LogP contribution in [0.4, 0.5) is 0 Å². The van der Waals surface area contributed by atoms with Gasteiger partial charge >= 0.3 is 11.9 Å². The van der Waals surface area contributed by atoms with Crippen LogP contribution >= 0.6 is 0 Å². The molecule has 0 unspecified atom stereocenters. The molecule has 0 saturated carbocycles. The van der Waals surface area contributed by atoms with Crippen molar-refractivity contribution in [1.82, 2.24) is 0 Å². The molecular formula is C15H14O6. The van der Waals surface area contributed by atoms with Crippen LogP contribution in [0, 0.1) is 12.3 Å². The summed E-state index contributed by atoms with van der Waals surface area (Å²) in [5.74, 6) is 1.09. The third-order valence-electron chi connectivity index (χ3n) is 3.03. The SMILES string of the molecule is C#Cc1ccc(C2O[C@@H](C(=O)OC)[C@H](C(=O)OC)O2)cc1. The Morgan fingerprint density at radius 2 is 1.52 bits per heavy atom. The van der Waals surface area contributed by atoms with E-state index in [1.54, 1.807) is 24.3 Å². The molecule has 0 aliphatic carbocycles. The summed E-state index contributed by atoms with van der Waals surface area (Å²) in [5, 5.41) is 0. The van der Waals surface area contributed by atoms with Crippen molar-refractivity contribution in [3.05, 3.63) is 35.4 Å². The lowest BCUT2D eigenvalue weighted by Gasteiger charge is -2.11. The average molecular weight is 290 g/mol. The van der Waals surface area contributed by atoms with Crippen molar-refractivity contribution in [3.63, 3.8) is 0 Å². The minimum absolute atomic E-state index is 0.634. The van der Waals surface area contributed by atoms with E-state index in [2.05, 4.69) is 15.4 Å². The largest absolute Gasteiger partial charge is 0.467 e. The van der Waals surface area contributed by atoms with Crippen LogP contribution in [0.1, 0.15) is 17.4 Å². The molecule has 6 heteroatoms. The van der Waals surface area contributed by atoms with Crippen LogP contribution in [0.3, 0.4) is 0 Å². The van der Waals surface area contributed by atoms with Crippen molar-refractivity contribution in [2.75, 3.05) is 14.2 Å². The van der Waals surface area contributed by atoms with Crippen molar-refractivity contribution >= 4 is 11.9 Å². The molecule has 1 aliphatic rings. The first-order valence-corrected chi connectivity index (χ1v) is 6.14. The number of rotatable bonds is 3. The first-order valence-electron chi connectivity index (χ1n) is 6.14. The van der Waals surface area contributed by atoms with Crippen LogP contribution in [-0.4, -0.2) is 38.4 Å². The lowest BCUT2D eigenvalue weighted by molar-refractivity contribution is -0.160. The number of methoxy groups -OCH3 is 2. The molecule has 2 atom stereocenters. The lowest BCUT2D eigenvalue weighted by Crippen LogP contribution is -2.38. The quantitative estimate of drug-likeness (QED) is 0.605. The fourth-order valence-corrected chi connectivity index (χ4v) is 1.93. The van der Waals surface area contributed by atoms with E-state index in [0.29, 0.717) is 11.1 Å². The van der Waals surface area contributed by atoms with Gasteiger partial charge in [-0.2, -0.15) is 0 Å². The number of esters is 2. The maximum atomic E-state index is 11.7. The molecular weight excluding hydrogens is 276 g/mol. The number of terminal acetylenes is 1. The molecule has 0 spiro atoms. The van der Waals surface area contributed by atoms with E-state index in [0.717, 1.165) is 0 Å². The summed E-state index contributed by atoms with van der Waals surface area (Å²) in [7, 11) is 2.41. The van der Waals surface area contributed by atoms with Gasteiger partial charge in [0.15, 0.2) is 18.5 Å². The van der Waals surface area contributed by atoms with Crippen molar-refractivity contribution in [3.8, 4) is 12.3 Å². The van der Waals surface area contributed by atoms with E-state index in [1.807, 2.05) is 0 Å². The van der Waals surface area contributed by atoms with Crippen LogP contribution < -0.4 is 0 Å².